The second kappa shape index (κ2) is 13.8. The molecule has 242 valence electrons. The molecule has 0 radical (unpaired) electrons. The Kier molecular flexibility index (Phi) is 9.61. The largest absolute Gasteiger partial charge is 0.465 e. The Morgan fingerprint density at radius 3 is 2.38 bits per heavy atom. The van der Waals surface area contributed by atoms with Crippen molar-refractivity contribution in [3.05, 3.63) is 65.2 Å². The standard InChI is InChI=1S/C35H48N6O4/c1-25-6-5-7-26(22-25)23-30(33(42)39-20-18-38(19-21-39)28-11-14-37(2)15-12-28)32-24-29(13-17-41(32)35(44)45)40-16-10-27-8-3-4-9-31(27)36-34(40)43/h3-9,22,28-30,32H,10-21,23-24H2,1-2H3,(H,36,43)(H,44,45)/t29?,30?,32-/m1/s1. The lowest BCUT2D eigenvalue weighted by Gasteiger charge is -2.46. The summed E-state index contributed by atoms with van der Waals surface area (Å²) in [6.45, 7) is 8.12. The van der Waals surface area contributed by atoms with Crippen LogP contribution in [0.3, 0.4) is 0 Å². The molecule has 4 heterocycles. The highest BCUT2D eigenvalue weighted by molar-refractivity contribution is 5.91. The third-order valence-electron chi connectivity index (χ3n) is 10.6. The Hall–Kier alpha value is -3.63. The molecule has 2 unspecified atom stereocenters. The van der Waals surface area contributed by atoms with Crippen LogP contribution in [0.5, 0.6) is 0 Å². The number of nitrogens with zero attached hydrogens (tertiary/aromatic N) is 5. The summed E-state index contributed by atoms with van der Waals surface area (Å²) in [4.78, 5) is 50.9. The van der Waals surface area contributed by atoms with Gasteiger partial charge in [-0.1, -0.05) is 48.0 Å². The van der Waals surface area contributed by atoms with E-state index in [9.17, 15) is 19.5 Å². The Bertz CT molecular complexity index is 1370. The summed E-state index contributed by atoms with van der Waals surface area (Å²) in [5.41, 5.74) is 4.08. The summed E-state index contributed by atoms with van der Waals surface area (Å²) in [5.74, 6) is -0.503. The van der Waals surface area contributed by atoms with Gasteiger partial charge in [0.05, 0.1) is 5.92 Å². The molecule has 4 aliphatic heterocycles. The number of carbonyl (C=O) groups excluding carboxylic acids is 2. The highest BCUT2D eigenvalue weighted by Crippen LogP contribution is 2.33. The lowest BCUT2D eigenvalue weighted by atomic mass is 9.82. The zero-order valence-corrected chi connectivity index (χ0v) is 26.7. The minimum Gasteiger partial charge on any atom is -0.465 e. The highest BCUT2D eigenvalue weighted by atomic mass is 16.4. The van der Waals surface area contributed by atoms with Crippen molar-refractivity contribution >= 4 is 23.7 Å². The first-order chi connectivity index (χ1) is 21.8. The molecule has 0 saturated carbocycles. The van der Waals surface area contributed by atoms with E-state index in [2.05, 4.69) is 28.2 Å². The number of carboxylic acid groups (broad SMARTS) is 1. The predicted molar refractivity (Wildman–Crippen MR) is 174 cm³/mol. The van der Waals surface area contributed by atoms with Gasteiger partial charge < -0.3 is 30.0 Å². The number of piperidine rings is 2. The van der Waals surface area contributed by atoms with Gasteiger partial charge in [-0.05, 0) is 82.8 Å². The van der Waals surface area contributed by atoms with E-state index in [1.807, 2.05) is 59.2 Å². The third-order valence-corrected chi connectivity index (χ3v) is 10.6. The number of aryl methyl sites for hydroxylation is 1. The predicted octanol–water partition coefficient (Wildman–Crippen LogP) is 3.99. The van der Waals surface area contributed by atoms with E-state index in [-0.39, 0.29) is 18.0 Å². The molecule has 4 aliphatic rings. The molecule has 45 heavy (non-hydrogen) atoms. The van der Waals surface area contributed by atoms with Crippen LogP contribution < -0.4 is 5.32 Å². The molecule has 0 spiro atoms. The second-order valence-electron chi connectivity index (χ2n) is 13.4. The molecular formula is C35H48N6O4. The number of piperazine rings is 1. The van der Waals surface area contributed by atoms with Gasteiger partial charge in [0.25, 0.3) is 0 Å². The topological polar surface area (TPSA) is 99.7 Å². The molecule has 2 aromatic carbocycles. The fourth-order valence-electron chi connectivity index (χ4n) is 8.00. The van der Waals surface area contributed by atoms with E-state index in [1.165, 1.54) is 4.90 Å². The molecular weight excluding hydrogens is 568 g/mol. The van der Waals surface area contributed by atoms with Gasteiger partial charge in [0.15, 0.2) is 0 Å². The van der Waals surface area contributed by atoms with Crippen LogP contribution in [0.4, 0.5) is 15.3 Å². The Morgan fingerprint density at radius 1 is 0.911 bits per heavy atom. The maximum atomic E-state index is 14.5. The number of amides is 4. The van der Waals surface area contributed by atoms with Gasteiger partial charge in [0.1, 0.15) is 0 Å². The maximum Gasteiger partial charge on any atom is 0.407 e. The van der Waals surface area contributed by atoms with Crippen molar-refractivity contribution in [2.45, 2.75) is 63.6 Å². The van der Waals surface area contributed by atoms with Crippen LogP contribution >= 0.6 is 0 Å². The number of hydrogen-bond acceptors (Lipinski definition) is 5. The van der Waals surface area contributed by atoms with E-state index < -0.39 is 18.1 Å². The van der Waals surface area contributed by atoms with Crippen LogP contribution in [-0.2, 0) is 17.6 Å². The molecule has 10 nitrogen and oxygen atoms in total. The smallest absolute Gasteiger partial charge is 0.407 e. The maximum absolute atomic E-state index is 14.5. The molecule has 10 heteroatoms. The van der Waals surface area contributed by atoms with Gasteiger partial charge >= 0.3 is 12.1 Å². The molecule has 2 aromatic rings. The number of fused-ring (bicyclic) bond motifs is 1. The number of benzene rings is 2. The number of anilines is 1. The first-order valence-corrected chi connectivity index (χ1v) is 16.7. The van der Waals surface area contributed by atoms with E-state index in [1.54, 1.807) is 0 Å². The van der Waals surface area contributed by atoms with Crippen LogP contribution in [0.15, 0.2) is 48.5 Å². The number of carbonyl (C=O) groups is 3. The number of nitrogens with one attached hydrogen (secondary N) is 1. The lowest BCUT2D eigenvalue weighted by Crippen LogP contribution is -2.60. The third kappa shape index (κ3) is 7.12. The Morgan fingerprint density at radius 2 is 1.64 bits per heavy atom. The number of hydrogen-bond donors (Lipinski definition) is 2. The molecule has 0 bridgehead atoms. The van der Waals surface area contributed by atoms with Crippen molar-refractivity contribution < 1.29 is 19.5 Å². The summed E-state index contributed by atoms with van der Waals surface area (Å²) >= 11 is 0. The van der Waals surface area contributed by atoms with Crippen LogP contribution in [0.2, 0.25) is 0 Å². The van der Waals surface area contributed by atoms with E-state index in [0.717, 1.165) is 67.8 Å². The minimum atomic E-state index is -1.000. The molecule has 3 fully saturated rings. The fraction of sp³-hybridized carbons (Fsp3) is 0.571. The SMILES string of the molecule is Cc1cccc(CC(C(=O)N2CCN(C3CCN(C)CC3)CC2)[C@H]2CC(N3CCc4ccccc4NC3=O)CCN2C(=O)O)c1. The monoisotopic (exact) mass is 616 g/mol. The van der Waals surface area contributed by atoms with Gasteiger partial charge in [0, 0.05) is 63.1 Å². The molecule has 6 rings (SSSR count). The quantitative estimate of drug-likeness (QED) is 0.509. The summed E-state index contributed by atoms with van der Waals surface area (Å²) in [7, 11) is 2.18. The van der Waals surface area contributed by atoms with Crippen LogP contribution in [-0.4, -0.2) is 125 Å². The zero-order valence-electron chi connectivity index (χ0n) is 26.7. The van der Waals surface area contributed by atoms with Crippen LogP contribution in [0, 0.1) is 12.8 Å². The first kappa shape index (κ1) is 31.4. The van der Waals surface area contributed by atoms with Crippen LogP contribution in [0.1, 0.15) is 42.4 Å². The molecule has 4 amide bonds. The summed E-state index contributed by atoms with van der Waals surface area (Å²) < 4.78 is 0. The van der Waals surface area contributed by atoms with Gasteiger partial charge in [-0.25, -0.2) is 9.59 Å². The summed E-state index contributed by atoms with van der Waals surface area (Å²) in [6.07, 6.45) is 3.50. The van der Waals surface area contributed by atoms with Crippen molar-refractivity contribution in [1.29, 1.82) is 0 Å². The van der Waals surface area contributed by atoms with E-state index in [4.69, 9.17) is 0 Å². The molecule has 2 N–H and O–H groups in total. The van der Waals surface area contributed by atoms with Crippen molar-refractivity contribution in [1.82, 2.24) is 24.5 Å². The molecule has 0 aromatic heterocycles. The normalized spacial score (nSPS) is 24.5. The molecule has 0 aliphatic carbocycles. The van der Waals surface area contributed by atoms with Crippen molar-refractivity contribution in [2.24, 2.45) is 5.92 Å². The Labute approximate surface area is 266 Å². The fourth-order valence-corrected chi connectivity index (χ4v) is 8.00. The minimum absolute atomic E-state index is 0.0316. The average Bonchev–Trinajstić information content (AvgIpc) is 3.21. The Balaban J connectivity index is 1.22. The van der Waals surface area contributed by atoms with Crippen molar-refractivity contribution in [2.75, 3.05) is 64.7 Å². The summed E-state index contributed by atoms with van der Waals surface area (Å²) in [5, 5.41) is 13.4. The number of rotatable bonds is 6. The van der Waals surface area contributed by atoms with Crippen molar-refractivity contribution in [3.8, 4) is 0 Å². The highest BCUT2D eigenvalue weighted by Gasteiger charge is 2.44. The zero-order chi connectivity index (χ0) is 31.5. The van der Waals surface area contributed by atoms with Gasteiger partial charge in [-0.15, -0.1) is 0 Å². The van der Waals surface area contributed by atoms with E-state index >= 15 is 0 Å². The number of likely N-dealkylation sites (tertiary alicyclic amines) is 2. The van der Waals surface area contributed by atoms with E-state index in [0.29, 0.717) is 51.5 Å². The molecule has 3 atom stereocenters. The molecule has 3 saturated heterocycles. The first-order valence-electron chi connectivity index (χ1n) is 16.7. The summed E-state index contributed by atoms with van der Waals surface area (Å²) in [6, 6.07) is 15.8. The second-order valence-corrected chi connectivity index (χ2v) is 13.4. The average molecular weight is 617 g/mol. The van der Waals surface area contributed by atoms with Gasteiger partial charge in [-0.3, -0.25) is 9.69 Å². The number of urea groups is 1. The number of para-hydroxylation sites is 1. The van der Waals surface area contributed by atoms with Gasteiger partial charge in [0.2, 0.25) is 5.91 Å². The van der Waals surface area contributed by atoms with Gasteiger partial charge in [-0.2, -0.15) is 0 Å². The van der Waals surface area contributed by atoms with Crippen molar-refractivity contribution in [3.63, 3.8) is 0 Å². The van der Waals surface area contributed by atoms with Crippen LogP contribution in [0.25, 0.3) is 0 Å². The lowest BCUT2D eigenvalue weighted by molar-refractivity contribution is -0.140.